The topological polar surface area (TPSA) is 12.0 Å². The van der Waals surface area contributed by atoms with Gasteiger partial charge in [0.25, 0.3) is 0 Å². The zero-order valence-electron chi connectivity index (χ0n) is 10.9. The molecule has 0 atom stereocenters. The molecule has 1 aromatic rings. The monoisotopic (exact) mass is 235 g/mol. The Morgan fingerprint density at radius 1 is 1.35 bits per heavy atom. The highest BCUT2D eigenvalue weighted by Gasteiger charge is 2.40. The van der Waals surface area contributed by atoms with Crippen molar-refractivity contribution in [1.82, 2.24) is 5.32 Å². The summed E-state index contributed by atoms with van der Waals surface area (Å²) in [6, 6.07) is 5.02. The van der Waals surface area contributed by atoms with Crippen LogP contribution in [0.2, 0.25) is 0 Å². The molecule has 2 heteroatoms. The van der Waals surface area contributed by atoms with Gasteiger partial charge in [-0.25, -0.2) is 4.39 Å². The van der Waals surface area contributed by atoms with E-state index in [2.05, 4.69) is 12.2 Å². The van der Waals surface area contributed by atoms with E-state index in [1.165, 1.54) is 37.3 Å². The van der Waals surface area contributed by atoms with Crippen LogP contribution < -0.4 is 5.32 Å². The Labute approximate surface area is 103 Å². The molecule has 0 bridgehead atoms. The van der Waals surface area contributed by atoms with Gasteiger partial charge in [-0.2, -0.15) is 0 Å². The SMILES string of the molecule is CCCC1(CNCc2cc(F)ccc2C)CC1. The number of rotatable bonds is 6. The van der Waals surface area contributed by atoms with Crippen molar-refractivity contribution in [2.75, 3.05) is 6.54 Å². The largest absolute Gasteiger partial charge is 0.312 e. The van der Waals surface area contributed by atoms with Crippen LogP contribution in [0.25, 0.3) is 0 Å². The molecule has 0 aromatic heterocycles. The zero-order chi connectivity index (χ0) is 12.3. The first-order chi connectivity index (χ1) is 8.15. The molecule has 94 valence electrons. The van der Waals surface area contributed by atoms with Gasteiger partial charge in [-0.15, -0.1) is 0 Å². The molecule has 1 aliphatic carbocycles. The van der Waals surface area contributed by atoms with Crippen LogP contribution in [0.4, 0.5) is 4.39 Å². The van der Waals surface area contributed by atoms with Gasteiger partial charge in [-0.05, 0) is 54.9 Å². The van der Waals surface area contributed by atoms with Crippen molar-refractivity contribution in [3.63, 3.8) is 0 Å². The Kier molecular flexibility index (Phi) is 3.82. The van der Waals surface area contributed by atoms with E-state index in [0.717, 1.165) is 18.7 Å². The maximum atomic E-state index is 13.1. The second-order valence-corrected chi connectivity index (χ2v) is 5.42. The van der Waals surface area contributed by atoms with Gasteiger partial charge in [0.1, 0.15) is 5.82 Å². The van der Waals surface area contributed by atoms with E-state index in [1.54, 1.807) is 6.07 Å². The van der Waals surface area contributed by atoms with Crippen LogP contribution in [0, 0.1) is 18.2 Å². The van der Waals surface area contributed by atoms with E-state index in [1.807, 2.05) is 13.0 Å². The van der Waals surface area contributed by atoms with E-state index >= 15 is 0 Å². The van der Waals surface area contributed by atoms with Crippen LogP contribution in [-0.4, -0.2) is 6.54 Å². The predicted octanol–water partition coefficient (Wildman–Crippen LogP) is 3.80. The summed E-state index contributed by atoms with van der Waals surface area (Å²) in [7, 11) is 0. The summed E-state index contributed by atoms with van der Waals surface area (Å²) in [6.07, 6.45) is 5.30. The maximum Gasteiger partial charge on any atom is 0.123 e. The van der Waals surface area contributed by atoms with E-state index in [4.69, 9.17) is 0 Å². The molecule has 0 amide bonds. The molecule has 1 saturated carbocycles. The number of aryl methyl sites for hydroxylation is 1. The lowest BCUT2D eigenvalue weighted by Gasteiger charge is -2.15. The molecule has 17 heavy (non-hydrogen) atoms. The van der Waals surface area contributed by atoms with Gasteiger partial charge in [0, 0.05) is 13.1 Å². The maximum absolute atomic E-state index is 13.1. The molecule has 0 radical (unpaired) electrons. The lowest BCUT2D eigenvalue weighted by Crippen LogP contribution is -2.23. The molecule has 1 aliphatic rings. The highest BCUT2D eigenvalue weighted by molar-refractivity contribution is 5.26. The fraction of sp³-hybridized carbons (Fsp3) is 0.600. The fourth-order valence-corrected chi connectivity index (χ4v) is 2.52. The first-order valence-corrected chi connectivity index (χ1v) is 6.61. The molecule has 2 rings (SSSR count). The van der Waals surface area contributed by atoms with Gasteiger partial charge in [0.05, 0.1) is 0 Å². The van der Waals surface area contributed by atoms with E-state index < -0.39 is 0 Å². The Balaban J connectivity index is 1.84. The number of benzene rings is 1. The van der Waals surface area contributed by atoms with Crippen LogP contribution in [0.3, 0.4) is 0 Å². The van der Waals surface area contributed by atoms with Crippen LogP contribution in [0.15, 0.2) is 18.2 Å². The molecule has 0 heterocycles. The summed E-state index contributed by atoms with van der Waals surface area (Å²) in [5.74, 6) is -0.137. The smallest absolute Gasteiger partial charge is 0.123 e. The highest BCUT2D eigenvalue weighted by Crippen LogP contribution is 2.48. The Hall–Kier alpha value is -0.890. The quantitative estimate of drug-likeness (QED) is 0.790. The molecule has 0 saturated heterocycles. The molecule has 1 N–H and O–H groups in total. The molecular formula is C15H22FN. The van der Waals surface area contributed by atoms with Crippen LogP contribution in [0.5, 0.6) is 0 Å². The summed E-state index contributed by atoms with van der Waals surface area (Å²) in [4.78, 5) is 0. The highest BCUT2D eigenvalue weighted by atomic mass is 19.1. The Morgan fingerprint density at radius 3 is 2.76 bits per heavy atom. The average Bonchev–Trinajstić information content (AvgIpc) is 3.04. The number of nitrogens with one attached hydrogen (secondary N) is 1. The van der Waals surface area contributed by atoms with Crippen LogP contribution in [-0.2, 0) is 6.54 Å². The summed E-state index contributed by atoms with van der Waals surface area (Å²) in [5.41, 5.74) is 2.81. The second-order valence-electron chi connectivity index (χ2n) is 5.42. The van der Waals surface area contributed by atoms with Crippen LogP contribution in [0.1, 0.15) is 43.7 Å². The van der Waals surface area contributed by atoms with Crippen molar-refractivity contribution in [1.29, 1.82) is 0 Å². The van der Waals surface area contributed by atoms with Gasteiger partial charge < -0.3 is 5.32 Å². The van der Waals surface area contributed by atoms with Crippen LogP contribution >= 0.6 is 0 Å². The first-order valence-electron chi connectivity index (χ1n) is 6.61. The van der Waals surface area contributed by atoms with Gasteiger partial charge in [0.2, 0.25) is 0 Å². The predicted molar refractivity (Wildman–Crippen MR) is 69.4 cm³/mol. The molecule has 0 aliphatic heterocycles. The number of hydrogen-bond donors (Lipinski definition) is 1. The van der Waals surface area contributed by atoms with Gasteiger partial charge in [0.15, 0.2) is 0 Å². The standard InChI is InChI=1S/C15H22FN/c1-3-6-15(7-8-15)11-17-10-13-9-14(16)5-4-12(13)2/h4-5,9,17H,3,6-8,10-11H2,1-2H3. The normalized spacial score (nSPS) is 17.1. The fourth-order valence-electron chi connectivity index (χ4n) is 2.52. The molecule has 0 spiro atoms. The molecule has 0 unspecified atom stereocenters. The summed E-state index contributed by atoms with van der Waals surface area (Å²) in [6.45, 7) is 6.15. The van der Waals surface area contributed by atoms with Gasteiger partial charge in [-0.3, -0.25) is 0 Å². The van der Waals surface area contributed by atoms with Gasteiger partial charge >= 0.3 is 0 Å². The van der Waals surface area contributed by atoms with Gasteiger partial charge in [-0.1, -0.05) is 19.4 Å². The molecular weight excluding hydrogens is 213 g/mol. The number of halogens is 1. The zero-order valence-corrected chi connectivity index (χ0v) is 10.9. The lowest BCUT2D eigenvalue weighted by molar-refractivity contribution is 0.420. The van der Waals surface area contributed by atoms with Crippen molar-refractivity contribution in [3.8, 4) is 0 Å². The Bertz CT molecular complexity index is 383. The minimum Gasteiger partial charge on any atom is -0.312 e. The van der Waals surface area contributed by atoms with Crippen molar-refractivity contribution in [2.24, 2.45) is 5.41 Å². The van der Waals surface area contributed by atoms with Crippen molar-refractivity contribution >= 4 is 0 Å². The molecule has 1 nitrogen and oxygen atoms in total. The summed E-state index contributed by atoms with van der Waals surface area (Å²) >= 11 is 0. The second kappa shape index (κ2) is 5.18. The van der Waals surface area contributed by atoms with Crippen molar-refractivity contribution in [2.45, 2.75) is 46.1 Å². The lowest BCUT2D eigenvalue weighted by atomic mass is 10.0. The van der Waals surface area contributed by atoms with Crippen molar-refractivity contribution < 1.29 is 4.39 Å². The van der Waals surface area contributed by atoms with Crippen molar-refractivity contribution in [3.05, 3.63) is 35.1 Å². The molecule has 1 aromatic carbocycles. The number of hydrogen-bond acceptors (Lipinski definition) is 1. The third kappa shape index (κ3) is 3.29. The third-order valence-corrected chi connectivity index (χ3v) is 3.86. The van der Waals surface area contributed by atoms with E-state index in [0.29, 0.717) is 5.41 Å². The summed E-state index contributed by atoms with van der Waals surface area (Å²) in [5, 5.41) is 3.49. The van der Waals surface area contributed by atoms with E-state index in [-0.39, 0.29) is 5.82 Å². The minimum atomic E-state index is -0.137. The minimum absolute atomic E-state index is 0.137. The van der Waals surface area contributed by atoms with E-state index in [9.17, 15) is 4.39 Å². The Morgan fingerprint density at radius 2 is 2.12 bits per heavy atom. The summed E-state index contributed by atoms with van der Waals surface area (Å²) < 4.78 is 13.1. The third-order valence-electron chi connectivity index (χ3n) is 3.86. The average molecular weight is 235 g/mol. The first kappa shape index (κ1) is 12.6. The molecule has 1 fully saturated rings.